The number of rotatable bonds is 7. The normalized spacial score (nSPS) is 18.3. The molecule has 0 bridgehead atoms. The summed E-state index contributed by atoms with van der Waals surface area (Å²) in [5.41, 5.74) is 3.07. The zero-order chi connectivity index (χ0) is 19.3. The van der Waals surface area contributed by atoms with Crippen LogP contribution in [-0.2, 0) is 11.2 Å². The van der Waals surface area contributed by atoms with Gasteiger partial charge in [0.2, 0.25) is 0 Å². The van der Waals surface area contributed by atoms with Crippen molar-refractivity contribution < 1.29 is 9.84 Å². The number of benzene rings is 2. The second-order valence-corrected chi connectivity index (χ2v) is 7.61. The number of aliphatic hydroxyl groups is 1. The molecule has 0 spiro atoms. The first-order chi connectivity index (χ1) is 13.1. The fourth-order valence-corrected chi connectivity index (χ4v) is 4.08. The summed E-state index contributed by atoms with van der Waals surface area (Å²) in [6, 6.07) is 18.9. The average Bonchev–Trinajstić information content (AvgIpc) is 2.73. The van der Waals surface area contributed by atoms with E-state index >= 15 is 0 Å². The molecular formula is C23H32N2O2. The Morgan fingerprint density at radius 1 is 1.04 bits per heavy atom. The Kier molecular flexibility index (Phi) is 6.53. The molecule has 27 heavy (non-hydrogen) atoms. The zero-order valence-electron chi connectivity index (χ0n) is 16.8. The van der Waals surface area contributed by atoms with Crippen molar-refractivity contribution in [1.82, 2.24) is 4.90 Å². The second-order valence-electron chi connectivity index (χ2n) is 7.61. The minimum atomic E-state index is -0.559. The minimum absolute atomic E-state index is 0.345. The van der Waals surface area contributed by atoms with Crippen LogP contribution < -0.4 is 4.90 Å². The predicted octanol–water partition coefficient (Wildman–Crippen LogP) is 3.51. The number of aliphatic hydroxyl groups excluding tert-OH is 1. The number of ether oxygens (including phenoxy) is 1. The highest BCUT2D eigenvalue weighted by atomic mass is 16.5. The number of nitrogens with zero attached hydrogens (tertiary/aromatic N) is 2. The lowest BCUT2D eigenvalue weighted by molar-refractivity contribution is -0.0122. The molecule has 0 aromatic heterocycles. The number of hydrogen-bond donors (Lipinski definition) is 1. The second kappa shape index (κ2) is 8.87. The largest absolute Gasteiger partial charge is 0.386 e. The molecule has 4 nitrogen and oxygen atoms in total. The van der Waals surface area contributed by atoms with Gasteiger partial charge >= 0.3 is 0 Å². The molecule has 1 fully saturated rings. The van der Waals surface area contributed by atoms with Crippen LogP contribution >= 0.6 is 0 Å². The Labute approximate surface area is 163 Å². The summed E-state index contributed by atoms with van der Waals surface area (Å²) in [6.45, 7) is 5.56. The molecule has 4 heteroatoms. The Morgan fingerprint density at radius 3 is 2.22 bits per heavy atom. The molecule has 1 aliphatic heterocycles. The number of hydrogen-bond acceptors (Lipinski definition) is 4. The molecule has 0 amide bonds. The van der Waals surface area contributed by atoms with E-state index in [9.17, 15) is 5.11 Å². The van der Waals surface area contributed by atoms with Gasteiger partial charge in [0.25, 0.3) is 0 Å². The van der Waals surface area contributed by atoms with Crippen LogP contribution in [0.15, 0.2) is 54.6 Å². The van der Waals surface area contributed by atoms with Gasteiger partial charge in [-0.1, -0.05) is 49.4 Å². The molecule has 1 aliphatic rings. The van der Waals surface area contributed by atoms with Gasteiger partial charge < -0.3 is 19.6 Å². The molecule has 2 atom stereocenters. The summed E-state index contributed by atoms with van der Waals surface area (Å²) < 4.78 is 5.44. The van der Waals surface area contributed by atoms with Crippen molar-refractivity contribution in [1.29, 1.82) is 0 Å². The van der Waals surface area contributed by atoms with Crippen molar-refractivity contribution >= 4 is 5.69 Å². The van der Waals surface area contributed by atoms with E-state index in [1.165, 1.54) is 11.3 Å². The number of likely N-dealkylation sites (N-methyl/N-ethyl adjacent to an activating group) is 1. The van der Waals surface area contributed by atoms with Gasteiger partial charge in [0.15, 0.2) is 0 Å². The number of morpholine rings is 1. The van der Waals surface area contributed by atoms with Gasteiger partial charge in [-0.05, 0) is 50.2 Å². The average molecular weight is 369 g/mol. The fourth-order valence-electron chi connectivity index (χ4n) is 4.08. The van der Waals surface area contributed by atoms with Gasteiger partial charge in [0.05, 0.1) is 24.9 Å². The highest BCUT2D eigenvalue weighted by molar-refractivity contribution is 5.48. The van der Waals surface area contributed by atoms with Gasteiger partial charge in [-0.2, -0.15) is 0 Å². The van der Waals surface area contributed by atoms with Crippen LogP contribution in [0.2, 0.25) is 0 Å². The van der Waals surface area contributed by atoms with Gasteiger partial charge in [-0.25, -0.2) is 0 Å². The smallest absolute Gasteiger partial charge is 0.0976 e. The van der Waals surface area contributed by atoms with Crippen LogP contribution in [0.1, 0.15) is 30.6 Å². The SMILES string of the molecule is CCC(Cc1ccccc1)(C(O)c1ccc(N2CCOCC2)cc1)N(C)C. The molecule has 3 rings (SSSR count). The molecule has 146 valence electrons. The van der Waals surface area contributed by atoms with Crippen LogP contribution in [0.25, 0.3) is 0 Å². The maximum atomic E-state index is 11.4. The van der Waals surface area contributed by atoms with Crippen LogP contribution in [0.3, 0.4) is 0 Å². The van der Waals surface area contributed by atoms with Crippen molar-refractivity contribution in [2.45, 2.75) is 31.4 Å². The topological polar surface area (TPSA) is 35.9 Å². The molecule has 0 radical (unpaired) electrons. The van der Waals surface area contributed by atoms with E-state index in [2.05, 4.69) is 79.3 Å². The van der Waals surface area contributed by atoms with Crippen LogP contribution in [-0.4, -0.2) is 55.9 Å². The van der Waals surface area contributed by atoms with E-state index in [0.29, 0.717) is 0 Å². The van der Waals surface area contributed by atoms with Crippen LogP contribution in [0.5, 0.6) is 0 Å². The summed E-state index contributed by atoms with van der Waals surface area (Å²) in [7, 11) is 4.13. The lowest BCUT2D eigenvalue weighted by Crippen LogP contribution is -2.50. The Balaban J connectivity index is 1.83. The Morgan fingerprint density at radius 2 is 1.67 bits per heavy atom. The van der Waals surface area contributed by atoms with Gasteiger partial charge in [-0.3, -0.25) is 0 Å². The van der Waals surface area contributed by atoms with Crippen LogP contribution in [0, 0.1) is 0 Å². The third-order valence-electron chi connectivity index (χ3n) is 5.95. The molecule has 2 aromatic carbocycles. The van der Waals surface area contributed by atoms with Gasteiger partial charge in [0.1, 0.15) is 0 Å². The van der Waals surface area contributed by atoms with E-state index < -0.39 is 6.10 Å². The van der Waals surface area contributed by atoms with E-state index in [4.69, 9.17) is 4.74 Å². The van der Waals surface area contributed by atoms with E-state index in [1.54, 1.807) is 0 Å². The summed E-state index contributed by atoms with van der Waals surface area (Å²) in [5, 5.41) is 11.4. The van der Waals surface area contributed by atoms with Crippen molar-refractivity contribution in [2.75, 3.05) is 45.3 Å². The maximum Gasteiger partial charge on any atom is 0.0976 e. The van der Waals surface area contributed by atoms with Crippen molar-refractivity contribution in [2.24, 2.45) is 0 Å². The van der Waals surface area contributed by atoms with E-state index in [-0.39, 0.29) is 5.54 Å². The van der Waals surface area contributed by atoms with Crippen molar-refractivity contribution in [3.8, 4) is 0 Å². The zero-order valence-corrected chi connectivity index (χ0v) is 16.8. The molecular weight excluding hydrogens is 336 g/mol. The van der Waals surface area contributed by atoms with Gasteiger partial charge in [0, 0.05) is 18.8 Å². The monoisotopic (exact) mass is 368 g/mol. The Hall–Kier alpha value is -1.88. The summed E-state index contributed by atoms with van der Waals surface area (Å²) in [5.74, 6) is 0. The van der Waals surface area contributed by atoms with E-state index in [1.807, 2.05) is 6.07 Å². The quantitative estimate of drug-likeness (QED) is 0.811. The summed E-state index contributed by atoms with van der Waals surface area (Å²) >= 11 is 0. The molecule has 1 saturated heterocycles. The third-order valence-corrected chi connectivity index (χ3v) is 5.95. The number of anilines is 1. The molecule has 2 aromatic rings. The predicted molar refractivity (Wildman–Crippen MR) is 111 cm³/mol. The minimum Gasteiger partial charge on any atom is -0.386 e. The molecule has 0 aliphatic carbocycles. The maximum absolute atomic E-state index is 11.4. The fraction of sp³-hybridized carbons (Fsp3) is 0.478. The van der Waals surface area contributed by atoms with Gasteiger partial charge in [-0.15, -0.1) is 0 Å². The molecule has 1 heterocycles. The molecule has 2 unspecified atom stereocenters. The summed E-state index contributed by atoms with van der Waals surface area (Å²) in [4.78, 5) is 4.52. The van der Waals surface area contributed by atoms with Crippen LogP contribution in [0.4, 0.5) is 5.69 Å². The van der Waals surface area contributed by atoms with Crippen molar-refractivity contribution in [3.63, 3.8) is 0 Å². The standard InChI is InChI=1S/C23H32N2O2/c1-4-23(24(2)3,18-19-8-6-5-7-9-19)22(26)20-10-12-21(13-11-20)25-14-16-27-17-15-25/h5-13,22,26H,4,14-18H2,1-3H3. The molecule has 1 N–H and O–H groups in total. The van der Waals surface area contributed by atoms with E-state index in [0.717, 1.165) is 44.7 Å². The first-order valence-electron chi connectivity index (χ1n) is 9.89. The van der Waals surface area contributed by atoms with Crippen molar-refractivity contribution in [3.05, 3.63) is 65.7 Å². The Bertz CT molecular complexity index is 696. The lowest BCUT2D eigenvalue weighted by atomic mass is 9.79. The highest BCUT2D eigenvalue weighted by Crippen LogP contribution is 2.36. The third kappa shape index (κ3) is 4.34. The highest BCUT2D eigenvalue weighted by Gasteiger charge is 2.39. The lowest BCUT2D eigenvalue weighted by Gasteiger charge is -2.43. The molecule has 0 saturated carbocycles. The first kappa shape index (κ1) is 19.9. The summed E-state index contributed by atoms with van der Waals surface area (Å²) in [6.07, 6.45) is 1.11. The first-order valence-corrected chi connectivity index (χ1v) is 9.89.